The van der Waals surface area contributed by atoms with Gasteiger partial charge >= 0.3 is 6.09 Å². The summed E-state index contributed by atoms with van der Waals surface area (Å²) >= 11 is 0. The molecule has 0 heterocycles. The largest absolute Gasteiger partial charge is 0.449 e. The average Bonchev–Trinajstić information content (AvgIpc) is 3.55. The van der Waals surface area contributed by atoms with Crippen molar-refractivity contribution in [3.05, 3.63) is 59.7 Å². The standard InChI is InChI=1S/C38H50N2O3/c1-36(2)33-16-15-29-31-14-9-19-37(31,3)20-17-32(29)38(33,4)21-18-34(36)40-43-23-22-39-35(41)42-24-30-27-12-7-5-10-25(27)26-11-6-8-13-28(26)30/h5-8,10-13,29-33H,9,14-24H2,1-4H3,(H,39,41)/b40-34+/t29-,31-,32-,33-,37-,38+/m0/s1. The lowest BCUT2D eigenvalue weighted by Crippen LogP contribution is -2.57. The molecule has 0 bridgehead atoms. The quantitative estimate of drug-likeness (QED) is 0.273. The summed E-state index contributed by atoms with van der Waals surface area (Å²) in [7, 11) is 0. The molecule has 0 saturated heterocycles. The Kier molecular flexibility index (Phi) is 7.37. The normalized spacial score (nSPS) is 34.8. The zero-order chi connectivity index (χ0) is 29.8. The first-order valence-corrected chi connectivity index (χ1v) is 17.0. The minimum Gasteiger partial charge on any atom is -0.449 e. The summed E-state index contributed by atoms with van der Waals surface area (Å²) in [5.41, 5.74) is 7.16. The van der Waals surface area contributed by atoms with Crippen molar-refractivity contribution in [3.63, 3.8) is 0 Å². The number of benzene rings is 2. The van der Waals surface area contributed by atoms with Gasteiger partial charge in [0.2, 0.25) is 0 Å². The van der Waals surface area contributed by atoms with Crippen LogP contribution in [0.5, 0.6) is 0 Å². The van der Waals surface area contributed by atoms with Crippen molar-refractivity contribution >= 4 is 11.8 Å². The smallest absolute Gasteiger partial charge is 0.407 e. The van der Waals surface area contributed by atoms with Crippen LogP contribution in [0.1, 0.15) is 103 Å². The fraction of sp³-hybridized carbons (Fsp3) is 0.632. The van der Waals surface area contributed by atoms with E-state index >= 15 is 0 Å². The van der Waals surface area contributed by atoms with Crippen LogP contribution in [-0.4, -0.2) is 31.6 Å². The molecular formula is C38H50N2O3. The second kappa shape index (κ2) is 11.0. The third-order valence-corrected chi connectivity index (χ3v) is 13.1. The van der Waals surface area contributed by atoms with E-state index in [1.54, 1.807) is 0 Å². The zero-order valence-electron chi connectivity index (χ0n) is 26.7. The molecule has 6 atom stereocenters. The van der Waals surface area contributed by atoms with Crippen LogP contribution in [0, 0.1) is 39.9 Å². The number of fused-ring (bicyclic) bond motifs is 8. The number of rotatable bonds is 6. The summed E-state index contributed by atoms with van der Waals surface area (Å²) in [4.78, 5) is 18.4. The van der Waals surface area contributed by atoms with Crippen molar-refractivity contribution in [2.45, 2.75) is 91.4 Å². The van der Waals surface area contributed by atoms with Crippen molar-refractivity contribution in [2.24, 2.45) is 45.1 Å². The molecule has 1 N–H and O–H groups in total. The summed E-state index contributed by atoms with van der Waals surface area (Å²) in [5.74, 6) is 3.46. The molecule has 1 amide bonds. The summed E-state index contributed by atoms with van der Waals surface area (Å²) in [6, 6.07) is 16.8. The Hall–Kier alpha value is -2.82. The number of carbonyl (C=O) groups is 1. The van der Waals surface area contributed by atoms with Gasteiger partial charge in [-0.15, -0.1) is 0 Å². The lowest BCUT2D eigenvalue weighted by Gasteiger charge is -2.63. The Morgan fingerprint density at radius 2 is 1.60 bits per heavy atom. The Balaban J connectivity index is 0.910. The minimum absolute atomic E-state index is 0.0363. The van der Waals surface area contributed by atoms with Gasteiger partial charge in [0.15, 0.2) is 0 Å². The number of amides is 1. The van der Waals surface area contributed by atoms with Gasteiger partial charge in [-0.1, -0.05) is 87.8 Å². The maximum absolute atomic E-state index is 12.6. The highest BCUT2D eigenvalue weighted by molar-refractivity contribution is 5.90. The summed E-state index contributed by atoms with van der Waals surface area (Å²) in [6.07, 6.45) is 11.8. The number of carbonyl (C=O) groups excluding carboxylic acids is 1. The highest BCUT2D eigenvalue weighted by atomic mass is 16.6. The number of nitrogens with one attached hydrogen (secondary N) is 1. The van der Waals surface area contributed by atoms with Crippen LogP contribution in [0.2, 0.25) is 0 Å². The number of nitrogens with zero attached hydrogens (tertiary/aromatic N) is 1. The van der Waals surface area contributed by atoms with Gasteiger partial charge in [0.25, 0.3) is 0 Å². The van der Waals surface area contributed by atoms with Gasteiger partial charge in [-0.3, -0.25) is 0 Å². The van der Waals surface area contributed by atoms with Crippen molar-refractivity contribution in [2.75, 3.05) is 19.8 Å². The van der Waals surface area contributed by atoms with Gasteiger partial charge in [0, 0.05) is 11.3 Å². The first kappa shape index (κ1) is 28.9. The molecule has 43 heavy (non-hydrogen) atoms. The van der Waals surface area contributed by atoms with E-state index in [4.69, 9.17) is 14.7 Å². The van der Waals surface area contributed by atoms with Crippen molar-refractivity contribution in [1.82, 2.24) is 5.32 Å². The summed E-state index contributed by atoms with van der Waals surface area (Å²) in [6.45, 7) is 11.1. The molecule has 0 unspecified atom stereocenters. The average molecular weight is 583 g/mol. The lowest BCUT2D eigenvalue weighted by molar-refractivity contribution is -0.117. The number of hydrogen-bond donors (Lipinski definition) is 1. The van der Waals surface area contributed by atoms with E-state index in [2.05, 4.69) is 81.5 Å². The molecule has 0 aliphatic heterocycles. The molecule has 0 radical (unpaired) electrons. The lowest BCUT2D eigenvalue weighted by atomic mass is 9.41. The SMILES string of the molecule is CC1(C)/C(=N/OCCNC(=O)OCC2c3ccccc3-c3ccccc32)CC[C@]2(C)[C@H]3CC[C@]4(C)CCC[C@H]4[C@@H]3CC[C@@H]12. The van der Waals surface area contributed by atoms with Crippen molar-refractivity contribution < 1.29 is 14.4 Å². The fourth-order valence-electron chi connectivity index (χ4n) is 11.0. The molecule has 2 aromatic rings. The van der Waals surface area contributed by atoms with E-state index in [0.717, 1.165) is 24.2 Å². The topological polar surface area (TPSA) is 59.9 Å². The molecule has 5 nitrogen and oxygen atoms in total. The van der Waals surface area contributed by atoms with Crippen molar-refractivity contribution in [1.29, 1.82) is 0 Å². The molecule has 230 valence electrons. The molecular weight excluding hydrogens is 532 g/mol. The Morgan fingerprint density at radius 1 is 0.884 bits per heavy atom. The van der Waals surface area contributed by atoms with Gasteiger partial charge in [-0.25, -0.2) is 4.79 Å². The van der Waals surface area contributed by atoms with E-state index in [-0.39, 0.29) is 11.3 Å². The first-order chi connectivity index (χ1) is 20.7. The van der Waals surface area contributed by atoms with Crippen molar-refractivity contribution in [3.8, 4) is 11.1 Å². The van der Waals surface area contributed by atoms with Crippen LogP contribution in [0.3, 0.4) is 0 Å². The third kappa shape index (κ3) is 4.80. The Bertz CT molecular complexity index is 1350. The Labute approximate surface area is 258 Å². The van der Waals surface area contributed by atoms with E-state index in [0.29, 0.717) is 36.5 Å². The van der Waals surface area contributed by atoms with Gasteiger partial charge in [-0.05, 0) is 108 Å². The van der Waals surface area contributed by atoms with Gasteiger partial charge in [0.05, 0.1) is 12.3 Å². The van der Waals surface area contributed by atoms with E-state index in [1.807, 2.05) is 0 Å². The Morgan fingerprint density at radius 3 is 2.35 bits per heavy atom. The molecule has 0 spiro atoms. The molecule has 4 fully saturated rings. The number of hydrogen-bond acceptors (Lipinski definition) is 4. The molecule has 0 aromatic heterocycles. The fourth-order valence-corrected chi connectivity index (χ4v) is 11.0. The third-order valence-electron chi connectivity index (χ3n) is 13.1. The molecule has 2 aromatic carbocycles. The van der Waals surface area contributed by atoms with Crippen LogP contribution in [-0.2, 0) is 9.57 Å². The second-order valence-electron chi connectivity index (χ2n) is 15.4. The van der Waals surface area contributed by atoms with Crippen LogP contribution < -0.4 is 5.32 Å². The van der Waals surface area contributed by atoms with Crippen LogP contribution in [0.15, 0.2) is 53.7 Å². The van der Waals surface area contributed by atoms with E-state index < -0.39 is 6.09 Å². The number of oxime groups is 1. The molecule has 5 aliphatic carbocycles. The maximum Gasteiger partial charge on any atom is 0.407 e. The summed E-state index contributed by atoms with van der Waals surface area (Å²) < 4.78 is 5.67. The highest BCUT2D eigenvalue weighted by Gasteiger charge is 2.61. The van der Waals surface area contributed by atoms with E-state index in [1.165, 1.54) is 79.3 Å². The van der Waals surface area contributed by atoms with Gasteiger partial charge < -0.3 is 14.9 Å². The highest BCUT2D eigenvalue weighted by Crippen LogP contribution is 2.68. The second-order valence-corrected chi connectivity index (χ2v) is 15.4. The van der Waals surface area contributed by atoms with Gasteiger partial charge in [0.1, 0.15) is 13.2 Å². The zero-order valence-corrected chi connectivity index (χ0v) is 26.7. The number of ether oxygens (including phenoxy) is 1. The van der Waals surface area contributed by atoms with E-state index in [9.17, 15) is 4.79 Å². The van der Waals surface area contributed by atoms with Crippen LogP contribution >= 0.6 is 0 Å². The number of alkyl carbamates (subject to hydrolysis) is 1. The molecule has 5 heteroatoms. The first-order valence-electron chi connectivity index (χ1n) is 17.0. The molecule has 7 rings (SSSR count). The van der Waals surface area contributed by atoms with Crippen LogP contribution in [0.4, 0.5) is 4.79 Å². The van der Waals surface area contributed by atoms with Gasteiger partial charge in [-0.2, -0.15) is 0 Å². The minimum atomic E-state index is -0.408. The monoisotopic (exact) mass is 582 g/mol. The molecule has 5 aliphatic rings. The van der Waals surface area contributed by atoms with Crippen LogP contribution in [0.25, 0.3) is 11.1 Å². The predicted molar refractivity (Wildman–Crippen MR) is 172 cm³/mol. The predicted octanol–water partition coefficient (Wildman–Crippen LogP) is 8.97. The molecule has 4 saturated carbocycles. The summed E-state index contributed by atoms with van der Waals surface area (Å²) in [5, 5.41) is 7.57. The maximum atomic E-state index is 12.6.